The van der Waals surface area contributed by atoms with Gasteiger partial charge in [0.2, 0.25) is 0 Å². The van der Waals surface area contributed by atoms with Crippen molar-refractivity contribution in [1.29, 1.82) is 0 Å². The number of carbonyl (C=O) groups excluding carboxylic acids is 2. The number of nitrogens with zero attached hydrogens (tertiary/aromatic N) is 3. The minimum Gasteiger partial charge on any atom is -0.490 e. The van der Waals surface area contributed by atoms with E-state index < -0.39 is 0 Å². The average molecular weight is 450 g/mol. The summed E-state index contributed by atoms with van der Waals surface area (Å²) < 4.78 is 11.4. The van der Waals surface area contributed by atoms with Gasteiger partial charge in [-0.3, -0.25) is 9.59 Å². The number of imide groups is 1. The highest BCUT2D eigenvalue weighted by molar-refractivity contribution is 6.45. The van der Waals surface area contributed by atoms with Crippen molar-refractivity contribution < 1.29 is 19.1 Å². The van der Waals surface area contributed by atoms with Gasteiger partial charge < -0.3 is 19.3 Å². The highest BCUT2D eigenvalue weighted by atomic mass is 16.5. The maximum atomic E-state index is 13.7. The summed E-state index contributed by atoms with van der Waals surface area (Å²) in [6.45, 7) is 9.80. The second kappa shape index (κ2) is 9.67. The number of amides is 2. The fraction of sp³-hybridized carbons (Fsp3) is 0.385. The summed E-state index contributed by atoms with van der Waals surface area (Å²) in [5.74, 6) is 0.492. The van der Waals surface area contributed by atoms with Crippen molar-refractivity contribution in [2.75, 3.05) is 51.3 Å². The van der Waals surface area contributed by atoms with Crippen molar-refractivity contribution in [1.82, 2.24) is 9.80 Å². The Morgan fingerprint density at radius 3 is 2.09 bits per heavy atom. The van der Waals surface area contributed by atoms with E-state index in [4.69, 9.17) is 9.47 Å². The Morgan fingerprint density at radius 2 is 1.45 bits per heavy atom. The third-order valence-corrected chi connectivity index (χ3v) is 6.00. The molecule has 33 heavy (non-hydrogen) atoms. The number of rotatable bonds is 7. The van der Waals surface area contributed by atoms with Crippen LogP contribution in [0.5, 0.6) is 11.5 Å². The van der Waals surface area contributed by atoms with Gasteiger partial charge in [0.15, 0.2) is 11.5 Å². The molecule has 4 rings (SSSR count). The van der Waals surface area contributed by atoms with Crippen LogP contribution in [0.4, 0.5) is 5.69 Å². The first kappa shape index (κ1) is 22.9. The third-order valence-electron chi connectivity index (χ3n) is 6.00. The average Bonchev–Trinajstić information content (AvgIpc) is 3.06. The van der Waals surface area contributed by atoms with Gasteiger partial charge in [-0.1, -0.05) is 29.8 Å². The fourth-order valence-electron chi connectivity index (χ4n) is 4.24. The number of ether oxygens (including phenoxy) is 2. The molecule has 0 unspecified atom stereocenters. The van der Waals surface area contributed by atoms with Crippen LogP contribution in [0.3, 0.4) is 0 Å². The molecule has 2 aromatic rings. The van der Waals surface area contributed by atoms with Crippen LogP contribution in [0.2, 0.25) is 0 Å². The molecule has 1 saturated heterocycles. The molecule has 0 radical (unpaired) electrons. The highest BCUT2D eigenvalue weighted by Gasteiger charge is 2.43. The predicted octanol–water partition coefficient (Wildman–Crippen LogP) is 3.32. The zero-order valence-electron chi connectivity index (χ0n) is 19.8. The monoisotopic (exact) mass is 449 g/mol. The minimum absolute atomic E-state index is 0.299. The Morgan fingerprint density at radius 1 is 0.818 bits per heavy atom. The number of anilines is 1. The molecule has 0 aliphatic carbocycles. The number of hydrogen-bond acceptors (Lipinski definition) is 6. The summed E-state index contributed by atoms with van der Waals surface area (Å²) >= 11 is 0. The van der Waals surface area contributed by atoms with Crippen LogP contribution in [-0.2, 0) is 9.59 Å². The zero-order chi connectivity index (χ0) is 23.5. The molecule has 1 fully saturated rings. The van der Waals surface area contributed by atoms with E-state index in [1.165, 1.54) is 4.90 Å². The molecule has 2 heterocycles. The quantitative estimate of drug-likeness (QED) is 0.605. The van der Waals surface area contributed by atoms with Gasteiger partial charge in [-0.25, -0.2) is 4.90 Å². The predicted molar refractivity (Wildman–Crippen MR) is 128 cm³/mol. The van der Waals surface area contributed by atoms with Gasteiger partial charge in [0.25, 0.3) is 11.8 Å². The molecule has 0 spiro atoms. The van der Waals surface area contributed by atoms with Crippen LogP contribution in [0, 0.1) is 6.92 Å². The lowest BCUT2D eigenvalue weighted by atomic mass is 10.0. The van der Waals surface area contributed by atoms with Crippen LogP contribution in [0.25, 0.3) is 5.57 Å². The summed E-state index contributed by atoms with van der Waals surface area (Å²) in [6.07, 6.45) is 0. The van der Waals surface area contributed by atoms with E-state index in [0.717, 1.165) is 24.2 Å². The highest BCUT2D eigenvalue weighted by Crippen LogP contribution is 2.38. The van der Waals surface area contributed by atoms with Gasteiger partial charge in [-0.2, -0.15) is 0 Å². The number of benzene rings is 2. The Labute approximate surface area is 195 Å². The first-order valence-corrected chi connectivity index (χ1v) is 11.5. The van der Waals surface area contributed by atoms with Crippen LogP contribution in [0.1, 0.15) is 25.0 Å². The Bertz CT molecular complexity index is 1070. The molecule has 0 bridgehead atoms. The van der Waals surface area contributed by atoms with Crippen molar-refractivity contribution in [3.8, 4) is 11.5 Å². The molecular formula is C26H31N3O4. The van der Waals surface area contributed by atoms with Gasteiger partial charge in [-0.05, 0) is 45.5 Å². The van der Waals surface area contributed by atoms with Crippen molar-refractivity contribution in [2.45, 2.75) is 20.8 Å². The van der Waals surface area contributed by atoms with Crippen LogP contribution >= 0.6 is 0 Å². The number of aryl methyl sites for hydroxylation is 1. The zero-order valence-corrected chi connectivity index (χ0v) is 19.8. The molecule has 0 atom stereocenters. The number of piperazine rings is 1. The largest absolute Gasteiger partial charge is 0.490 e. The van der Waals surface area contributed by atoms with Gasteiger partial charge in [0, 0.05) is 32.2 Å². The number of carbonyl (C=O) groups is 2. The van der Waals surface area contributed by atoms with Crippen molar-refractivity contribution >= 4 is 23.1 Å². The maximum Gasteiger partial charge on any atom is 0.282 e. The van der Waals surface area contributed by atoms with Crippen molar-refractivity contribution in [3.05, 3.63) is 59.3 Å². The molecule has 0 N–H and O–H groups in total. The second-order valence-electron chi connectivity index (χ2n) is 8.32. The second-order valence-corrected chi connectivity index (χ2v) is 8.32. The van der Waals surface area contributed by atoms with E-state index in [9.17, 15) is 9.59 Å². The first-order valence-electron chi connectivity index (χ1n) is 11.5. The molecule has 2 aromatic carbocycles. The Balaban J connectivity index is 1.77. The van der Waals surface area contributed by atoms with Crippen LogP contribution in [0.15, 0.2) is 48.2 Å². The van der Waals surface area contributed by atoms with E-state index in [1.807, 2.05) is 49.9 Å². The molecule has 0 saturated carbocycles. The Kier molecular flexibility index (Phi) is 6.70. The first-order chi connectivity index (χ1) is 15.9. The summed E-state index contributed by atoms with van der Waals surface area (Å²) in [4.78, 5) is 33.0. The lowest BCUT2D eigenvalue weighted by Crippen LogP contribution is -2.46. The lowest BCUT2D eigenvalue weighted by molar-refractivity contribution is -0.120. The topological polar surface area (TPSA) is 62.3 Å². The van der Waals surface area contributed by atoms with Gasteiger partial charge in [0.1, 0.15) is 5.70 Å². The standard InChI is InChI=1S/C26H31N3O4/c1-5-32-21-12-11-20(17-22(21)33-6-2)29-25(30)23(19-9-7-18(3)8-10-19)24(26(29)31)28-15-13-27(4)14-16-28/h7-12,17H,5-6,13-16H2,1-4H3. The molecule has 7 heteroatoms. The molecule has 0 aromatic heterocycles. The molecular weight excluding hydrogens is 418 g/mol. The fourth-order valence-corrected chi connectivity index (χ4v) is 4.24. The molecule has 7 nitrogen and oxygen atoms in total. The van der Waals surface area contributed by atoms with Gasteiger partial charge >= 0.3 is 0 Å². The third kappa shape index (κ3) is 4.46. The summed E-state index contributed by atoms with van der Waals surface area (Å²) in [5.41, 5.74) is 3.26. The number of hydrogen-bond donors (Lipinski definition) is 0. The van der Waals surface area contributed by atoms with E-state index in [-0.39, 0.29) is 11.8 Å². The van der Waals surface area contributed by atoms with E-state index in [1.54, 1.807) is 18.2 Å². The molecule has 174 valence electrons. The summed E-state index contributed by atoms with van der Waals surface area (Å²) in [5, 5.41) is 0. The van der Waals surface area contributed by atoms with Gasteiger partial charge in [-0.15, -0.1) is 0 Å². The van der Waals surface area contributed by atoms with Crippen LogP contribution in [-0.4, -0.2) is 68.1 Å². The SMILES string of the molecule is CCOc1ccc(N2C(=O)C(c3ccc(C)cc3)=C(N3CCN(C)CC3)C2=O)cc1OCC. The van der Waals surface area contributed by atoms with Crippen LogP contribution < -0.4 is 14.4 Å². The molecule has 2 aliphatic rings. The van der Waals surface area contributed by atoms with Crippen molar-refractivity contribution in [2.24, 2.45) is 0 Å². The summed E-state index contributed by atoms with van der Waals surface area (Å²) in [6, 6.07) is 13.0. The van der Waals surface area contributed by atoms with Crippen molar-refractivity contribution in [3.63, 3.8) is 0 Å². The number of likely N-dealkylation sites (N-methyl/N-ethyl adjacent to an activating group) is 1. The minimum atomic E-state index is -0.315. The Hall–Kier alpha value is -3.32. The molecule has 2 amide bonds. The normalized spacial score (nSPS) is 17.2. The smallest absolute Gasteiger partial charge is 0.282 e. The lowest BCUT2D eigenvalue weighted by Gasteiger charge is -2.34. The van der Waals surface area contributed by atoms with E-state index in [0.29, 0.717) is 54.8 Å². The molecule has 2 aliphatic heterocycles. The van der Waals surface area contributed by atoms with E-state index >= 15 is 0 Å². The summed E-state index contributed by atoms with van der Waals surface area (Å²) in [7, 11) is 2.07. The van der Waals surface area contributed by atoms with E-state index in [2.05, 4.69) is 11.9 Å². The van der Waals surface area contributed by atoms with Gasteiger partial charge in [0.05, 0.1) is 24.5 Å². The maximum absolute atomic E-state index is 13.7.